The Hall–Kier alpha value is -0.560. The Morgan fingerprint density at radius 1 is 1.58 bits per heavy atom. The van der Waals surface area contributed by atoms with Crippen molar-refractivity contribution in [1.29, 1.82) is 0 Å². The maximum atomic E-state index is 5.56. The molecular formula is C13H23N3OS2. The van der Waals surface area contributed by atoms with E-state index in [4.69, 9.17) is 8.78 Å². The van der Waals surface area contributed by atoms with Gasteiger partial charge in [0, 0.05) is 32.7 Å². The van der Waals surface area contributed by atoms with E-state index < -0.39 is 8.86 Å². The smallest absolute Gasteiger partial charge is 0.158 e. The Morgan fingerprint density at radius 3 is 3.00 bits per heavy atom. The Bertz CT molecular complexity index is 439. The van der Waals surface area contributed by atoms with Gasteiger partial charge >= 0.3 is 0 Å². The first-order valence-electron chi connectivity index (χ1n) is 6.56. The van der Waals surface area contributed by atoms with Crippen LogP contribution in [-0.4, -0.2) is 50.4 Å². The fraction of sp³-hybridized carbons (Fsp3) is 0.538. The Morgan fingerprint density at radius 2 is 2.37 bits per heavy atom. The summed E-state index contributed by atoms with van der Waals surface area (Å²) in [5.74, 6) is 0. The second-order valence-corrected chi connectivity index (χ2v) is 10.4. The summed E-state index contributed by atoms with van der Waals surface area (Å²) in [7, 11) is 0.0799. The highest BCUT2D eigenvalue weighted by Crippen LogP contribution is 2.33. The van der Waals surface area contributed by atoms with Crippen molar-refractivity contribution >= 4 is 19.7 Å². The van der Waals surface area contributed by atoms with Crippen LogP contribution < -0.4 is 5.32 Å². The van der Waals surface area contributed by atoms with E-state index in [9.17, 15) is 0 Å². The molecule has 108 valence electrons. The lowest BCUT2D eigenvalue weighted by atomic mass is 10.3. The average molecular weight is 301 g/mol. The molecule has 1 aliphatic heterocycles. The summed E-state index contributed by atoms with van der Waals surface area (Å²) >= 11 is 0. The zero-order valence-electron chi connectivity index (χ0n) is 11.4. The largest absolute Gasteiger partial charge is 0.458 e. The van der Waals surface area contributed by atoms with Crippen LogP contribution >= 0.6 is 10.8 Å². The van der Waals surface area contributed by atoms with Crippen LogP contribution in [0.3, 0.4) is 0 Å². The van der Waals surface area contributed by atoms with Crippen molar-refractivity contribution in [1.82, 2.24) is 10.2 Å². The molecule has 1 fully saturated rings. The number of piperazine rings is 1. The van der Waals surface area contributed by atoms with Crippen LogP contribution in [0.25, 0.3) is 0 Å². The summed E-state index contributed by atoms with van der Waals surface area (Å²) in [6.45, 7) is 10.2. The maximum Gasteiger partial charge on any atom is 0.158 e. The van der Waals surface area contributed by atoms with E-state index in [2.05, 4.69) is 23.1 Å². The zero-order valence-corrected chi connectivity index (χ0v) is 13.1. The van der Waals surface area contributed by atoms with E-state index in [-0.39, 0.29) is 0 Å². The van der Waals surface area contributed by atoms with E-state index in [1.807, 2.05) is 17.5 Å². The number of thiol groups is 1. The SMILES string of the molecule is C=CS[SH](C)(=NCCN1CCNCC1)c1ccco1. The molecule has 0 radical (unpaired) electrons. The van der Waals surface area contributed by atoms with Gasteiger partial charge in [-0.2, -0.15) is 0 Å². The minimum Gasteiger partial charge on any atom is -0.458 e. The third-order valence-corrected chi connectivity index (χ3v) is 8.13. The van der Waals surface area contributed by atoms with Gasteiger partial charge in [0.05, 0.1) is 12.8 Å². The first kappa shape index (κ1) is 14.8. The minimum atomic E-state index is -1.63. The molecular weight excluding hydrogens is 278 g/mol. The molecule has 0 unspecified atom stereocenters. The van der Waals surface area contributed by atoms with Crippen LogP contribution in [-0.2, 0) is 8.86 Å². The molecule has 0 spiro atoms. The van der Waals surface area contributed by atoms with Gasteiger partial charge in [0.1, 0.15) is 0 Å². The number of furan rings is 1. The van der Waals surface area contributed by atoms with Crippen molar-refractivity contribution in [3.63, 3.8) is 0 Å². The summed E-state index contributed by atoms with van der Waals surface area (Å²) in [5.41, 5.74) is 0. The molecule has 1 aromatic rings. The molecule has 0 atom stereocenters. The fourth-order valence-corrected chi connectivity index (χ4v) is 5.75. The molecule has 0 aliphatic carbocycles. The van der Waals surface area contributed by atoms with Crippen molar-refractivity contribution in [2.75, 3.05) is 45.5 Å². The van der Waals surface area contributed by atoms with Crippen molar-refractivity contribution in [3.05, 3.63) is 30.4 Å². The normalized spacial score (nSPS) is 18.2. The van der Waals surface area contributed by atoms with Crippen molar-refractivity contribution in [2.45, 2.75) is 5.09 Å². The Kier molecular flexibility index (Phi) is 5.69. The van der Waals surface area contributed by atoms with Gasteiger partial charge in [-0.1, -0.05) is 26.2 Å². The van der Waals surface area contributed by atoms with Crippen LogP contribution in [0.2, 0.25) is 0 Å². The van der Waals surface area contributed by atoms with Gasteiger partial charge in [0.15, 0.2) is 5.09 Å². The maximum absolute atomic E-state index is 5.56. The molecule has 1 aliphatic rings. The number of hydrogen-bond acceptors (Lipinski definition) is 5. The number of hydrogen-bond donors (Lipinski definition) is 2. The van der Waals surface area contributed by atoms with Crippen LogP contribution in [0.5, 0.6) is 0 Å². The second-order valence-electron chi connectivity index (χ2n) is 4.56. The molecule has 1 N–H and O–H groups in total. The average Bonchev–Trinajstić information content (AvgIpc) is 2.95. The van der Waals surface area contributed by atoms with Gasteiger partial charge in [-0.15, -0.1) is 0 Å². The van der Waals surface area contributed by atoms with E-state index in [0.29, 0.717) is 0 Å². The van der Waals surface area contributed by atoms with Gasteiger partial charge in [0.2, 0.25) is 0 Å². The summed E-state index contributed by atoms with van der Waals surface area (Å²) < 4.78 is 10.5. The zero-order chi connectivity index (χ0) is 13.6. The van der Waals surface area contributed by atoms with Crippen LogP contribution in [0.1, 0.15) is 0 Å². The molecule has 4 nitrogen and oxygen atoms in total. The lowest BCUT2D eigenvalue weighted by molar-refractivity contribution is 0.248. The molecule has 0 aromatic carbocycles. The molecule has 2 heterocycles. The highest BCUT2D eigenvalue weighted by molar-refractivity contribution is 8.78. The van der Waals surface area contributed by atoms with Crippen LogP contribution in [0, 0.1) is 0 Å². The van der Waals surface area contributed by atoms with Crippen molar-refractivity contribution in [3.8, 4) is 0 Å². The van der Waals surface area contributed by atoms with E-state index >= 15 is 0 Å². The molecule has 19 heavy (non-hydrogen) atoms. The van der Waals surface area contributed by atoms with Gasteiger partial charge in [-0.3, -0.25) is 9.26 Å². The topological polar surface area (TPSA) is 40.8 Å². The summed E-state index contributed by atoms with van der Waals surface area (Å²) in [6.07, 6.45) is 3.92. The number of rotatable bonds is 6. The predicted octanol–water partition coefficient (Wildman–Crippen LogP) is 2.04. The van der Waals surface area contributed by atoms with E-state index in [0.717, 1.165) is 44.4 Å². The van der Waals surface area contributed by atoms with Gasteiger partial charge in [-0.25, -0.2) is 0 Å². The lowest BCUT2D eigenvalue weighted by Gasteiger charge is -2.27. The Balaban J connectivity index is 1.98. The predicted molar refractivity (Wildman–Crippen MR) is 86.1 cm³/mol. The molecule has 1 saturated heterocycles. The quantitative estimate of drug-likeness (QED) is 0.623. The third kappa shape index (κ3) is 4.21. The molecule has 2 rings (SSSR count). The third-order valence-electron chi connectivity index (χ3n) is 3.19. The van der Waals surface area contributed by atoms with E-state index in [1.165, 1.54) is 0 Å². The van der Waals surface area contributed by atoms with Crippen molar-refractivity contribution < 1.29 is 4.42 Å². The second kappa shape index (κ2) is 7.28. The fourth-order valence-electron chi connectivity index (χ4n) is 2.12. The first-order chi connectivity index (χ1) is 9.24. The number of nitrogens with zero attached hydrogens (tertiary/aromatic N) is 2. The standard InChI is InChI=1S/C13H23N3OS2/c1-3-18-19(2,13-5-4-12-17-13)15-8-11-16-9-6-14-7-10-16/h3-5,12,14,19H,1,6-11H2,2H3. The van der Waals surface area contributed by atoms with Gasteiger partial charge in [0.25, 0.3) is 0 Å². The summed E-state index contributed by atoms with van der Waals surface area (Å²) in [5, 5.41) is 6.24. The van der Waals surface area contributed by atoms with Crippen LogP contribution in [0.15, 0.2) is 44.3 Å². The lowest BCUT2D eigenvalue weighted by Crippen LogP contribution is -2.44. The Labute approximate surface area is 120 Å². The summed E-state index contributed by atoms with van der Waals surface area (Å²) in [4.78, 5) is 2.46. The van der Waals surface area contributed by atoms with Gasteiger partial charge < -0.3 is 9.73 Å². The number of nitrogens with one attached hydrogen (secondary N) is 1. The van der Waals surface area contributed by atoms with Crippen molar-refractivity contribution in [2.24, 2.45) is 4.36 Å². The summed E-state index contributed by atoms with van der Waals surface area (Å²) in [6, 6.07) is 3.96. The molecule has 0 bridgehead atoms. The van der Waals surface area contributed by atoms with Crippen LogP contribution in [0.4, 0.5) is 0 Å². The molecule has 0 amide bonds. The molecule has 0 saturated carbocycles. The highest BCUT2D eigenvalue weighted by atomic mass is 33.2. The first-order valence-corrected chi connectivity index (χ1v) is 10.2. The minimum absolute atomic E-state index is 0.867. The molecule has 1 aromatic heterocycles. The monoisotopic (exact) mass is 301 g/mol. The van der Waals surface area contributed by atoms with Gasteiger partial charge in [-0.05, 0) is 23.8 Å². The van der Waals surface area contributed by atoms with E-state index in [1.54, 1.807) is 17.1 Å². The highest BCUT2D eigenvalue weighted by Gasteiger charge is 2.13. The molecule has 6 heteroatoms.